The molecule has 40 heavy (non-hydrogen) atoms. The number of carbonyl (C=O) groups excluding carboxylic acids is 1. The van der Waals surface area contributed by atoms with Gasteiger partial charge < -0.3 is 15.5 Å². The molecule has 2 N–H and O–H groups in total. The van der Waals surface area contributed by atoms with Gasteiger partial charge in [0.2, 0.25) is 5.91 Å². The van der Waals surface area contributed by atoms with Gasteiger partial charge in [0.15, 0.2) is 11.6 Å². The first-order valence-corrected chi connectivity index (χ1v) is 15.0. The largest absolute Gasteiger partial charge is 0.355 e. The minimum atomic E-state index is -3.46. The van der Waals surface area contributed by atoms with Crippen LogP contribution < -0.4 is 15.5 Å². The van der Waals surface area contributed by atoms with E-state index in [1.807, 2.05) is 16.9 Å². The summed E-state index contributed by atoms with van der Waals surface area (Å²) in [6.45, 7) is 6.54. The molecular formula is C26H30N10O3S. The zero-order valence-corrected chi connectivity index (χ0v) is 23.1. The molecule has 14 heteroatoms. The maximum absolute atomic E-state index is 12.5. The molecule has 1 aliphatic carbocycles. The summed E-state index contributed by atoms with van der Waals surface area (Å²) >= 11 is 0. The van der Waals surface area contributed by atoms with Crippen molar-refractivity contribution in [2.24, 2.45) is 5.41 Å². The lowest BCUT2D eigenvalue weighted by Gasteiger charge is -2.21. The van der Waals surface area contributed by atoms with E-state index >= 15 is 0 Å². The number of rotatable bonds is 7. The predicted octanol–water partition coefficient (Wildman–Crippen LogP) is 2.47. The van der Waals surface area contributed by atoms with Crippen LogP contribution in [0.3, 0.4) is 0 Å². The Bertz CT molecular complexity index is 1740. The minimum Gasteiger partial charge on any atom is -0.355 e. The summed E-state index contributed by atoms with van der Waals surface area (Å²) < 4.78 is 28.0. The Hall–Kier alpha value is -4.07. The number of anilines is 3. The number of amides is 1. The molecule has 2 saturated heterocycles. The van der Waals surface area contributed by atoms with Gasteiger partial charge in [-0.1, -0.05) is 0 Å². The van der Waals surface area contributed by atoms with Crippen molar-refractivity contribution in [3.63, 3.8) is 0 Å². The Morgan fingerprint density at radius 2 is 2.02 bits per heavy atom. The van der Waals surface area contributed by atoms with Crippen LogP contribution in [0.2, 0.25) is 0 Å². The SMILES string of the molecule is CC(C)n1nc(N2CCC3(CNC(=O)C3)C2)c2cnc(Nc3ccnc(-c4cnn(S(=O)(=O)C5CC5)c4)n3)cc21. The summed E-state index contributed by atoms with van der Waals surface area (Å²) in [5.41, 5.74) is 1.44. The summed E-state index contributed by atoms with van der Waals surface area (Å²) in [6.07, 6.45) is 9.21. The fourth-order valence-corrected chi connectivity index (χ4v) is 7.12. The third-order valence-electron chi connectivity index (χ3n) is 7.93. The number of carbonyl (C=O) groups is 1. The molecule has 1 amide bonds. The summed E-state index contributed by atoms with van der Waals surface area (Å²) in [7, 11) is -3.46. The average Bonchev–Trinajstić information content (AvgIpc) is 3.26. The molecule has 4 aromatic rings. The van der Waals surface area contributed by atoms with Crippen LogP contribution in [0, 0.1) is 5.41 Å². The van der Waals surface area contributed by atoms with Crippen LogP contribution in [0.4, 0.5) is 17.5 Å². The highest BCUT2D eigenvalue weighted by Gasteiger charge is 2.45. The first-order valence-electron chi connectivity index (χ1n) is 13.5. The lowest BCUT2D eigenvalue weighted by Crippen LogP contribution is -2.29. The molecule has 0 aromatic carbocycles. The van der Waals surface area contributed by atoms with E-state index in [4.69, 9.17) is 5.10 Å². The van der Waals surface area contributed by atoms with Crippen LogP contribution in [0.15, 0.2) is 36.9 Å². The highest BCUT2D eigenvalue weighted by atomic mass is 32.2. The molecule has 4 aromatic heterocycles. The molecule has 1 saturated carbocycles. The van der Waals surface area contributed by atoms with E-state index in [0.717, 1.165) is 46.9 Å². The van der Waals surface area contributed by atoms with E-state index in [1.165, 1.54) is 12.4 Å². The van der Waals surface area contributed by atoms with Gasteiger partial charge in [-0.15, -0.1) is 0 Å². The van der Waals surface area contributed by atoms with Crippen LogP contribution in [-0.2, 0) is 14.8 Å². The highest BCUT2D eigenvalue weighted by molar-refractivity contribution is 7.90. The number of aromatic nitrogens is 7. The standard InChI is InChI=1S/C26H30N10O3S/c1-16(2)36-20-9-22(28-12-19(20)25(33-36)34-8-6-26(15-34)10-23(37)29-14-26)31-21-5-7-27-24(32-21)17-11-30-35(13-17)40(38,39)18-3-4-18/h5,7,9,11-13,16,18H,3-4,6,8,10,14-15H2,1-2H3,(H,29,37)(H,27,28,31,32). The third kappa shape index (κ3) is 4.26. The van der Waals surface area contributed by atoms with Gasteiger partial charge in [-0.05, 0) is 39.2 Å². The first kappa shape index (κ1) is 24.9. The van der Waals surface area contributed by atoms with E-state index < -0.39 is 10.0 Å². The Balaban J connectivity index is 1.15. The van der Waals surface area contributed by atoms with Gasteiger partial charge in [0.05, 0.1) is 34.1 Å². The van der Waals surface area contributed by atoms with Gasteiger partial charge in [0.25, 0.3) is 10.0 Å². The maximum atomic E-state index is 12.5. The number of hydrogen-bond acceptors (Lipinski definition) is 10. The molecule has 1 unspecified atom stereocenters. The van der Waals surface area contributed by atoms with Crippen molar-refractivity contribution in [3.05, 3.63) is 36.9 Å². The fourth-order valence-electron chi connectivity index (χ4n) is 5.64. The monoisotopic (exact) mass is 562 g/mol. The molecule has 6 heterocycles. The molecule has 2 aliphatic heterocycles. The van der Waals surface area contributed by atoms with Gasteiger partial charge in [-0.2, -0.15) is 14.3 Å². The van der Waals surface area contributed by atoms with Gasteiger partial charge in [-0.25, -0.2) is 23.4 Å². The first-order chi connectivity index (χ1) is 19.2. The van der Waals surface area contributed by atoms with Crippen molar-refractivity contribution in [1.82, 2.24) is 39.2 Å². The van der Waals surface area contributed by atoms with Gasteiger partial charge in [-0.3, -0.25) is 9.48 Å². The van der Waals surface area contributed by atoms with Gasteiger partial charge in [0.1, 0.15) is 11.6 Å². The zero-order valence-electron chi connectivity index (χ0n) is 22.3. The lowest BCUT2D eigenvalue weighted by molar-refractivity contribution is -0.119. The summed E-state index contributed by atoms with van der Waals surface area (Å²) in [6, 6.07) is 3.82. The van der Waals surface area contributed by atoms with Crippen LogP contribution in [0.5, 0.6) is 0 Å². The fraction of sp³-hybridized carbons (Fsp3) is 0.462. The van der Waals surface area contributed by atoms with Crippen molar-refractivity contribution >= 4 is 44.3 Å². The van der Waals surface area contributed by atoms with Crippen molar-refractivity contribution in [2.75, 3.05) is 29.9 Å². The smallest absolute Gasteiger partial charge is 0.256 e. The third-order valence-corrected chi connectivity index (χ3v) is 9.97. The molecule has 3 fully saturated rings. The van der Waals surface area contributed by atoms with Gasteiger partial charge >= 0.3 is 0 Å². The average molecular weight is 563 g/mol. The minimum absolute atomic E-state index is 0.0246. The number of nitrogens with zero attached hydrogens (tertiary/aromatic N) is 8. The molecule has 0 bridgehead atoms. The Morgan fingerprint density at radius 3 is 2.77 bits per heavy atom. The van der Waals surface area contributed by atoms with Crippen LogP contribution in [0.1, 0.15) is 45.6 Å². The zero-order chi connectivity index (χ0) is 27.6. The van der Waals surface area contributed by atoms with Crippen LogP contribution in [-0.4, -0.2) is 73.1 Å². The second-order valence-corrected chi connectivity index (χ2v) is 13.4. The van der Waals surface area contributed by atoms with E-state index in [0.29, 0.717) is 42.3 Å². The Morgan fingerprint density at radius 1 is 1.18 bits per heavy atom. The number of fused-ring (bicyclic) bond motifs is 1. The molecular weight excluding hydrogens is 532 g/mol. The molecule has 0 radical (unpaired) electrons. The summed E-state index contributed by atoms with van der Waals surface area (Å²) in [5, 5.41) is 15.9. The second kappa shape index (κ2) is 8.98. The van der Waals surface area contributed by atoms with Crippen molar-refractivity contribution in [1.29, 1.82) is 0 Å². The normalized spacial score (nSPS) is 21.2. The summed E-state index contributed by atoms with van der Waals surface area (Å²) in [4.78, 5) is 27.7. The molecule has 7 rings (SSSR count). The quantitative estimate of drug-likeness (QED) is 0.343. The molecule has 1 atom stereocenters. The van der Waals surface area contributed by atoms with E-state index in [1.54, 1.807) is 12.3 Å². The van der Waals surface area contributed by atoms with E-state index in [9.17, 15) is 13.2 Å². The van der Waals surface area contributed by atoms with Crippen LogP contribution >= 0.6 is 0 Å². The number of hydrogen-bond donors (Lipinski definition) is 2. The predicted molar refractivity (Wildman–Crippen MR) is 149 cm³/mol. The Labute approximate surface area is 231 Å². The van der Waals surface area contributed by atoms with Crippen molar-refractivity contribution in [3.8, 4) is 11.4 Å². The maximum Gasteiger partial charge on any atom is 0.256 e. The van der Waals surface area contributed by atoms with E-state index in [-0.39, 0.29) is 22.6 Å². The molecule has 1 spiro atoms. The Kier molecular flexibility index (Phi) is 5.60. The highest BCUT2D eigenvalue weighted by Crippen LogP contribution is 2.40. The molecule has 3 aliphatic rings. The van der Waals surface area contributed by atoms with E-state index in [2.05, 4.69) is 49.4 Å². The van der Waals surface area contributed by atoms with Crippen molar-refractivity contribution < 1.29 is 13.2 Å². The second-order valence-electron chi connectivity index (χ2n) is 11.3. The number of pyridine rings is 1. The number of nitrogens with one attached hydrogen (secondary N) is 2. The van der Waals surface area contributed by atoms with Crippen LogP contribution in [0.25, 0.3) is 22.3 Å². The lowest BCUT2D eigenvalue weighted by atomic mass is 9.86. The topological polar surface area (TPSA) is 153 Å². The van der Waals surface area contributed by atoms with Gasteiger partial charge in [0, 0.05) is 56.0 Å². The van der Waals surface area contributed by atoms with Crippen molar-refractivity contribution in [2.45, 2.75) is 50.8 Å². The molecule has 13 nitrogen and oxygen atoms in total. The summed E-state index contributed by atoms with van der Waals surface area (Å²) in [5.74, 6) is 2.50. The molecule has 208 valence electrons.